The first-order valence-electron chi connectivity index (χ1n) is 5.42. The zero-order valence-electron chi connectivity index (χ0n) is 9.88. The van der Waals surface area contributed by atoms with E-state index in [-0.39, 0.29) is 17.3 Å². The Hall–Kier alpha value is -1.17. The fourth-order valence-corrected chi connectivity index (χ4v) is 3.46. The van der Waals surface area contributed by atoms with E-state index >= 15 is 0 Å². The van der Waals surface area contributed by atoms with Gasteiger partial charge in [0.1, 0.15) is 0 Å². The van der Waals surface area contributed by atoms with Crippen molar-refractivity contribution in [1.29, 1.82) is 0 Å². The summed E-state index contributed by atoms with van der Waals surface area (Å²) < 4.78 is 26.0. The fourth-order valence-electron chi connectivity index (χ4n) is 1.72. The molecule has 0 radical (unpaired) electrons. The minimum atomic E-state index is -3.51. The summed E-state index contributed by atoms with van der Waals surface area (Å²) in [6.07, 6.45) is 3.23. The summed E-state index contributed by atoms with van der Waals surface area (Å²) in [5.74, 6) is 0.266. The predicted octanol–water partition coefficient (Wildman–Crippen LogP) is 2.09. The number of rotatable bonds is 4. The van der Waals surface area contributed by atoms with Gasteiger partial charge in [-0.15, -0.1) is 11.6 Å². The highest BCUT2D eigenvalue weighted by atomic mass is 35.5. The summed E-state index contributed by atoms with van der Waals surface area (Å²) in [7, 11) is -1.98. The molecule has 0 fully saturated rings. The van der Waals surface area contributed by atoms with Crippen molar-refractivity contribution in [2.45, 2.75) is 4.90 Å². The second-order valence-electron chi connectivity index (χ2n) is 3.87. The van der Waals surface area contributed by atoms with Crippen molar-refractivity contribution in [3.63, 3.8) is 0 Å². The number of aromatic nitrogens is 1. The highest BCUT2D eigenvalue weighted by molar-refractivity contribution is 7.89. The first-order valence-corrected chi connectivity index (χ1v) is 7.40. The van der Waals surface area contributed by atoms with E-state index < -0.39 is 10.0 Å². The van der Waals surface area contributed by atoms with Gasteiger partial charge < -0.3 is 0 Å². The molecule has 1 heterocycles. The van der Waals surface area contributed by atoms with Crippen LogP contribution < -0.4 is 0 Å². The van der Waals surface area contributed by atoms with Crippen LogP contribution in [-0.2, 0) is 10.0 Å². The van der Waals surface area contributed by atoms with Gasteiger partial charge in [0.2, 0.25) is 10.0 Å². The van der Waals surface area contributed by atoms with E-state index in [0.717, 1.165) is 5.39 Å². The second kappa shape index (κ2) is 5.22. The number of hydrogen-bond acceptors (Lipinski definition) is 3. The van der Waals surface area contributed by atoms with Gasteiger partial charge in [0.05, 0.1) is 4.90 Å². The third-order valence-electron chi connectivity index (χ3n) is 2.73. The maximum absolute atomic E-state index is 12.4. The van der Waals surface area contributed by atoms with Crippen LogP contribution in [0, 0.1) is 0 Å². The zero-order valence-corrected chi connectivity index (χ0v) is 11.4. The number of benzene rings is 1. The monoisotopic (exact) mass is 284 g/mol. The molecule has 0 bridgehead atoms. The van der Waals surface area contributed by atoms with E-state index in [0.29, 0.717) is 5.39 Å². The van der Waals surface area contributed by atoms with Gasteiger partial charge in [0.15, 0.2) is 0 Å². The van der Waals surface area contributed by atoms with Gasteiger partial charge in [0.25, 0.3) is 0 Å². The molecule has 4 nitrogen and oxygen atoms in total. The van der Waals surface area contributed by atoms with E-state index in [9.17, 15) is 8.42 Å². The molecule has 2 rings (SSSR count). The van der Waals surface area contributed by atoms with Gasteiger partial charge in [-0.2, -0.15) is 4.31 Å². The quantitative estimate of drug-likeness (QED) is 0.808. The number of nitrogens with zero attached hydrogens (tertiary/aromatic N) is 2. The van der Waals surface area contributed by atoms with Crippen LogP contribution in [0.3, 0.4) is 0 Å². The molecule has 0 aliphatic carbocycles. The van der Waals surface area contributed by atoms with Crippen molar-refractivity contribution in [3.8, 4) is 0 Å². The van der Waals surface area contributed by atoms with Gasteiger partial charge in [-0.05, 0) is 12.1 Å². The first kappa shape index (κ1) is 13.3. The molecule has 0 aliphatic heterocycles. The standard InChI is InChI=1S/C12H13ClN2O2S/c1-15(8-6-13)18(16,17)12-4-2-3-10-9-14-7-5-11(10)12/h2-5,7,9H,6,8H2,1H3. The minimum Gasteiger partial charge on any atom is -0.264 e. The maximum atomic E-state index is 12.4. The third kappa shape index (κ3) is 2.34. The molecule has 0 spiro atoms. The SMILES string of the molecule is CN(CCCl)S(=O)(=O)c1cccc2cnccc12. The van der Waals surface area contributed by atoms with Crippen molar-refractivity contribution >= 4 is 32.4 Å². The highest BCUT2D eigenvalue weighted by Gasteiger charge is 2.22. The lowest BCUT2D eigenvalue weighted by molar-refractivity contribution is 0.488. The summed E-state index contributed by atoms with van der Waals surface area (Å²) in [5.41, 5.74) is 0. The molecular formula is C12H13ClN2O2S. The molecule has 0 saturated carbocycles. The van der Waals surface area contributed by atoms with E-state index in [2.05, 4.69) is 4.98 Å². The molecular weight excluding hydrogens is 272 g/mol. The van der Waals surface area contributed by atoms with Crippen LogP contribution in [0.4, 0.5) is 0 Å². The average molecular weight is 285 g/mol. The lowest BCUT2D eigenvalue weighted by atomic mass is 10.2. The number of halogens is 1. The molecule has 1 aromatic heterocycles. The molecule has 2 aromatic rings. The summed E-state index contributed by atoms with van der Waals surface area (Å²) >= 11 is 5.59. The van der Waals surface area contributed by atoms with Gasteiger partial charge in [-0.3, -0.25) is 4.98 Å². The number of alkyl halides is 1. The Morgan fingerprint density at radius 3 is 2.83 bits per heavy atom. The second-order valence-corrected chi connectivity index (χ2v) is 6.26. The van der Waals surface area contributed by atoms with Crippen molar-refractivity contribution in [2.75, 3.05) is 19.5 Å². The van der Waals surface area contributed by atoms with Crippen LogP contribution in [-0.4, -0.2) is 37.2 Å². The Morgan fingerprint density at radius 1 is 1.33 bits per heavy atom. The number of fused-ring (bicyclic) bond motifs is 1. The molecule has 18 heavy (non-hydrogen) atoms. The van der Waals surface area contributed by atoms with Gasteiger partial charge in [-0.25, -0.2) is 8.42 Å². The topological polar surface area (TPSA) is 50.3 Å². The lowest BCUT2D eigenvalue weighted by Crippen LogP contribution is -2.28. The largest absolute Gasteiger partial charge is 0.264 e. The average Bonchev–Trinajstić information content (AvgIpc) is 2.38. The fraction of sp³-hybridized carbons (Fsp3) is 0.250. The predicted molar refractivity (Wildman–Crippen MR) is 72.3 cm³/mol. The van der Waals surface area contributed by atoms with E-state index in [1.54, 1.807) is 30.6 Å². The Kier molecular flexibility index (Phi) is 3.85. The number of pyridine rings is 1. The summed E-state index contributed by atoms with van der Waals surface area (Å²) in [6, 6.07) is 6.85. The van der Waals surface area contributed by atoms with E-state index in [1.165, 1.54) is 11.4 Å². The van der Waals surface area contributed by atoms with Gasteiger partial charge in [-0.1, -0.05) is 12.1 Å². The zero-order chi connectivity index (χ0) is 13.2. The lowest BCUT2D eigenvalue weighted by Gasteiger charge is -2.17. The third-order valence-corrected chi connectivity index (χ3v) is 4.81. The minimum absolute atomic E-state index is 0.266. The van der Waals surface area contributed by atoms with Crippen molar-refractivity contribution < 1.29 is 8.42 Å². The molecule has 0 atom stereocenters. The molecule has 96 valence electrons. The highest BCUT2D eigenvalue weighted by Crippen LogP contribution is 2.24. The first-order chi connectivity index (χ1) is 8.57. The normalized spacial score (nSPS) is 12.2. The van der Waals surface area contributed by atoms with Crippen LogP contribution in [0.2, 0.25) is 0 Å². The summed E-state index contributed by atoms with van der Waals surface area (Å²) in [6.45, 7) is 0.283. The Labute approximate surface area is 111 Å². The molecule has 0 aliphatic rings. The van der Waals surface area contributed by atoms with Crippen LogP contribution in [0.15, 0.2) is 41.6 Å². The van der Waals surface area contributed by atoms with Crippen LogP contribution in [0.25, 0.3) is 10.8 Å². The van der Waals surface area contributed by atoms with Crippen molar-refractivity contribution in [2.24, 2.45) is 0 Å². The summed E-state index contributed by atoms with van der Waals surface area (Å²) in [4.78, 5) is 4.27. The number of sulfonamides is 1. The van der Waals surface area contributed by atoms with E-state index in [4.69, 9.17) is 11.6 Å². The number of hydrogen-bond donors (Lipinski definition) is 0. The Balaban J connectivity index is 2.61. The van der Waals surface area contributed by atoms with Crippen LogP contribution >= 0.6 is 11.6 Å². The van der Waals surface area contributed by atoms with Gasteiger partial charge >= 0.3 is 0 Å². The maximum Gasteiger partial charge on any atom is 0.243 e. The molecule has 1 aromatic carbocycles. The molecule has 0 unspecified atom stereocenters. The van der Waals surface area contributed by atoms with Crippen LogP contribution in [0.1, 0.15) is 0 Å². The Bertz CT molecular complexity index is 653. The molecule has 0 N–H and O–H groups in total. The molecule has 0 amide bonds. The van der Waals surface area contributed by atoms with E-state index in [1.807, 2.05) is 6.07 Å². The molecule has 0 saturated heterocycles. The Morgan fingerprint density at radius 2 is 2.11 bits per heavy atom. The van der Waals surface area contributed by atoms with Crippen molar-refractivity contribution in [1.82, 2.24) is 9.29 Å². The molecule has 6 heteroatoms. The van der Waals surface area contributed by atoms with Gasteiger partial charge in [0, 0.05) is 42.6 Å². The smallest absolute Gasteiger partial charge is 0.243 e. The van der Waals surface area contributed by atoms with Crippen LogP contribution in [0.5, 0.6) is 0 Å². The van der Waals surface area contributed by atoms with Crippen molar-refractivity contribution in [3.05, 3.63) is 36.7 Å². The summed E-state index contributed by atoms with van der Waals surface area (Å²) in [5, 5.41) is 1.48.